The van der Waals surface area contributed by atoms with Crippen molar-refractivity contribution in [3.8, 4) is 0 Å². The highest BCUT2D eigenvalue weighted by molar-refractivity contribution is 9.10. The maximum Gasteiger partial charge on any atom is 0.222 e. The van der Waals surface area contributed by atoms with Crippen LogP contribution in [-0.4, -0.2) is 28.5 Å². The van der Waals surface area contributed by atoms with Crippen LogP contribution in [0.4, 0.5) is 5.82 Å². The second-order valence-electron chi connectivity index (χ2n) is 3.18. The fraction of sp³-hybridized carbons (Fsp3) is 0.375. The summed E-state index contributed by atoms with van der Waals surface area (Å²) in [6, 6.07) is 0.0553. The van der Waals surface area contributed by atoms with Gasteiger partial charge in [-0.2, -0.15) is 0 Å². The first-order valence-electron chi connectivity index (χ1n) is 4.36. The zero-order valence-electron chi connectivity index (χ0n) is 7.63. The van der Waals surface area contributed by atoms with Crippen LogP contribution in [0.5, 0.6) is 0 Å². The number of carbonyl (C=O) groups is 1. The molecule has 0 aliphatic carbocycles. The number of anilines is 1. The molecule has 0 bridgehead atoms. The molecule has 0 spiro atoms. The minimum atomic E-state index is 0.0452. The summed E-state index contributed by atoms with van der Waals surface area (Å²) in [5.74, 6) is 0.653. The van der Waals surface area contributed by atoms with Gasteiger partial charge in [0.1, 0.15) is 17.3 Å². The molecule has 0 aromatic carbocycles. The lowest BCUT2D eigenvalue weighted by atomic mass is 10.2. The molecule has 1 aliphatic heterocycles. The molecule has 15 heavy (non-hydrogen) atoms. The molecule has 0 radical (unpaired) electrons. The number of hydrogen-bond acceptors (Lipinski definition) is 4. The molecular weight excluding hydrogens is 283 g/mol. The first-order valence-corrected chi connectivity index (χ1v) is 5.53. The summed E-state index contributed by atoms with van der Waals surface area (Å²) in [5.41, 5.74) is 0. The van der Waals surface area contributed by atoms with E-state index in [1.54, 1.807) is 0 Å². The molecule has 2 rings (SSSR count). The smallest absolute Gasteiger partial charge is 0.222 e. The Bertz CT molecular complexity index is 400. The zero-order valence-corrected chi connectivity index (χ0v) is 9.97. The van der Waals surface area contributed by atoms with Gasteiger partial charge >= 0.3 is 0 Å². The molecule has 80 valence electrons. The maximum atomic E-state index is 11.0. The predicted octanol–water partition coefficient (Wildman–Crippen LogP) is 1.19. The van der Waals surface area contributed by atoms with Crippen LogP contribution in [0.15, 0.2) is 10.8 Å². The van der Waals surface area contributed by atoms with Crippen molar-refractivity contribution in [1.29, 1.82) is 0 Å². The second-order valence-corrected chi connectivity index (χ2v) is 4.33. The van der Waals surface area contributed by atoms with Gasteiger partial charge in [0.05, 0.1) is 10.5 Å². The van der Waals surface area contributed by atoms with Crippen LogP contribution >= 0.6 is 27.5 Å². The molecule has 1 aromatic rings. The lowest BCUT2D eigenvalue weighted by molar-refractivity contribution is -0.119. The number of halogens is 2. The topological polar surface area (TPSA) is 66.9 Å². The third-order valence-electron chi connectivity index (χ3n) is 2.07. The first kappa shape index (κ1) is 10.6. The summed E-state index contributed by atoms with van der Waals surface area (Å²) in [6.45, 7) is 0.604. The number of hydrogen-bond donors (Lipinski definition) is 2. The van der Waals surface area contributed by atoms with E-state index in [1.807, 2.05) is 0 Å². The van der Waals surface area contributed by atoms with E-state index >= 15 is 0 Å². The monoisotopic (exact) mass is 290 g/mol. The van der Waals surface area contributed by atoms with Crippen LogP contribution in [0.3, 0.4) is 0 Å². The Morgan fingerprint density at radius 3 is 3.07 bits per heavy atom. The van der Waals surface area contributed by atoms with Crippen molar-refractivity contribution in [2.45, 2.75) is 12.5 Å². The van der Waals surface area contributed by atoms with Crippen molar-refractivity contribution in [3.05, 3.63) is 16.0 Å². The van der Waals surface area contributed by atoms with Crippen molar-refractivity contribution < 1.29 is 4.79 Å². The molecular formula is C8H8BrClN4O. The van der Waals surface area contributed by atoms with E-state index in [1.165, 1.54) is 6.33 Å². The molecule has 2 heterocycles. The first-order chi connectivity index (χ1) is 7.16. The Kier molecular flexibility index (Phi) is 3.06. The van der Waals surface area contributed by atoms with Crippen LogP contribution in [0.25, 0.3) is 0 Å². The van der Waals surface area contributed by atoms with Crippen LogP contribution in [0.1, 0.15) is 6.42 Å². The van der Waals surface area contributed by atoms with Crippen LogP contribution in [0, 0.1) is 0 Å². The highest BCUT2D eigenvalue weighted by atomic mass is 79.9. The van der Waals surface area contributed by atoms with Gasteiger partial charge in [-0.1, -0.05) is 11.6 Å². The SMILES string of the molecule is O=C1CC(Nc2ncnc(Cl)c2Br)CN1. The molecule has 1 fully saturated rings. The highest BCUT2D eigenvalue weighted by Crippen LogP contribution is 2.26. The van der Waals surface area contributed by atoms with Gasteiger partial charge in [-0.25, -0.2) is 9.97 Å². The molecule has 0 saturated carbocycles. The van der Waals surface area contributed by atoms with Crippen molar-refractivity contribution in [2.24, 2.45) is 0 Å². The number of nitrogens with one attached hydrogen (secondary N) is 2. The van der Waals surface area contributed by atoms with Crippen molar-refractivity contribution in [2.75, 3.05) is 11.9 Å². The summed E-state index contributed by atoms with van der Waals surface area (Å²) in [6.07, 6.45) is 1.83. The van der Waals surface area contributed by atoms with Gasteiger partial charge < -0.3 is 10.6 Å². The standard InChI is InChI=1S/C8H8BrClN4O/c9-6-7(10)12-3-13-8(6)14-4-1-5(15)11-2-4/h3-4H,1-2H2,(H,11,15)(H,12,13,14). The largest absolute Gasteiger partial charge is 0.364 e. The van der Waals surface area contributed by atoms with E-state index in [9.17, 15) is 4.79 Å². The minimum absolute atomic E-state index is 0.0452. The Labute approximate surface area is 99.8 Å². The van der Waals surface area contributed by atoms with Crippen molar-refractivity contribution >= 4 is 39.3 Å². The van der Waals surface area contributed by atoms with Gasteiger partial charge in [0.15, 0.2) is 0 Å². The predicted molar refractivity (Wildman–Crippen MR) is 59.8 cm³/mol. The van der Waals surface area contributed by atoms with Gasteiger partial charge in [-0.05, 0) is 15.9 Å². The Morgan fingerprint density at radius 2 is 2.40 bits per heavy atom. The number of rotatable bonds is 2. The third kappa shape index (κ3) is 2.38. The summed E-state index contributed by atoms with van der Waals surface area (Å²) >= 11 is 9.09. The van der Waals surface area contributed by atoms with Gasteiger partial charge in [0, 0.05) is 13.0 Å². The molecule has 2 N–H and O–H groups in total. The molecule has 5 nitrogen and oxygen atoms in total. The fourth-order valence-electron chi connectivity index (χ4n) is 1.35. The van der Waals surface area contributed by atoms with E-state index in [-0.39, 0.29) is 11.9 Å². The summed E-state index contributed by atoms with van der Waals surface area (Å²) in [5, 5.41) is 6.20. The number of nitrogens with zero attached hydrogens (tertiary/aromatic N) is 2. The lowest BCUT2D eigenvalue weighted by Gasteiger charge is -2.12. The summed E-state index contributed by atoms with van der Waals surface area (Å²) < 4.78 is 0.617. The van der Waals surface area contributed by atoms with E-state index in [2.05, 4.69) is 36.5 Å². The number of carbonyl (C=O) groups excluding carboxylic acids is 1. The van der Waals surface area contributed by atoms with E-state index in [0.717, 1.165) is 0 Å². The van der Waals surface area contributed by atoms with E-state index in [0.29, 0.717) is 28.4 Å². The Hall–Kier alpha value is -0.880. The van der Waals surface area contributed by atoms with E-state index in [4.69, 9.17) is 11.6 Å². The zero-order chi connectivity index (χ0) is 10.8. The number of aromatic nitrogens is 2. The Balaban J connectivity index is 2.11. The van der Waals surface area contributed by atoms with Gasteiger partial charge in [-0.3, -0.25) is 4.79 Å². The van der Waals surface area contributed by atoms with Crippen molar-refractivity contribution in [3.63, 3.8) is 0 Å². The molecule has 1 unspecified atom stereocenters. The normalized spacial score (nSPS) is 20.1. The fourth-order valence-corrected chi connectivity index (χ4v) is 1.80. The quantitative estimate of drug-likeness (QED) is 0.803. The molecule has 1 amide bonds. The molecule has 7 heteroatoms. The van der Waals surface area contributed by atoms with Crippen molar-refractivity contribution in [1.82, 2.24) is 15.3 Å². The van der Waals surface area contributed by atoms with Crippen LogP contribution in [-0.2, 0) is 4.79 Å². The van der Waals surface area contributed by atoms with Crippen LogP contribution < -0.4 is 10.6 Å². The van der Waals surface area contributed by atoms with Gasteiger partial charge in [0.25, 0.3) is 0 Å². The summed E-state index contributed by atoms with van der Waals surface area (Å²) in [7, 11) is 0. The third-order valence-corrected chi connectivity index (χ3v) is 3.33. The summed E-state index contributed by atoms with van der Waals surface area (Å²) in [4.78, 5) is 18.8. The van der Waals surface area contributed by atoms with Crippen LogP contribution in [0.2, 0.25) is 5.15 Å². The molecule has 1 aliphatic rings. The maximum absolute atomic E-state index is 11.0. The second kappa shape index (κ2) is 4.32. The van der Waals surface area contributed by atoms with E-state index < -0.39 is 0 Å². The minimum Gasteiger partial charge on any atom is -0.364 e. The molecule has 1 atom stereocenters. The lowest BCUT2D eigenvalue weighted by Crippen LogP contribution is -2.23. The average Bonchev–Trinajstić information content (AvgIpc) is 2.59. The highest BCUT2D eigenvalue weighted by Gasteiger charge is 2.22. The average molecular weight is 292 g/mol. The molecule has 1 aromatic heterocycles. The Morgan fingerprint density at radius 1 is 1.60 bits per heavy atom. The number of amides is 1. The van der Waals surface area contributed by atoms with Gasteiger partial charge in [-0.15, -0.1) is 0 Å². The molecule has 1 saturated heterocycles. The van der Waals surface area contributed by atoms with Gasteiger partial charge in [0.2, 0.25) is 5.91 Å².